The summed E-state index contributed by atoms with van der Waals surface area (Å²) in [4.78, 5) is 13.8. The maximum Gasteiger partial charge on any atom is 0.322 e. The second kappa shape index (κ2) is 4.78. The van der Waals surface area contributed by atoms with E-state index in [0.29, 0.717) is 23.7 Å². The maximum absolute atomic E-state index is 12.1. The van der Waals surface area contributed by atoms with Crippen LogP contribution in [0.15, 0.2) is 24.3 Å². The molecule has 1 aromatic carbocycles. The zero-order valence-corrected chi connectivity index (χ0v) is 11.2. The Morgan fingerprint density at radius 1 is 1.56 bits per heavy atom. The van der Waals surface area contributed by atoms with Crippen molar-refractivity contribution in [2.24, 2.45) is 0 Å². The number of carbonyl (C=O) groups is 1. The van der Waals surface area contributed by atoms with Crippen LogP contribution in [0.4, 0.5) is 10.5 Å². The zero-order valence-electron chi connectivity index (χ0n) is 10.5. The number of rotatable bonds is 1. The molecule has 1 fully saturated rings. The summed E-state index contributed by atoms with van der Waals surface area (Å²) < 4.78 is 0. The van der Waals surface area contributed by atoms with E-state index in [1.165, 1.54) is 0 Å². The van der Waals surface area contributed by atoms with Gasteiger partial charge in [0.15, 0.2) is 0 Å². The van der Waals surface area contributed by atoms with Gasteiger partial charge in [-0.1, -0.05) is 17.7 Å². The second-order valence-electron chi connectivity index (χ2n) is 5.05. The van der Waals surface area contributed by atoms with Gasteiger partial charge in [-0.15, -0.1) is 0 Å². The molecule has 2 N–H and O–H groups in total. The average Bonchev–Trinajstić information content (AvgIpc) is 2.54. The van der Waals surface area contributed by atoms with Gasteiger partial charge in [-0.25, -0.2) is 4.79 Å². The maximum atomic E-state index is 12.1. The highest BCUT2D eigenvalue weighted by Crippen LogP contribution is 2.29. The quantitative estimate of drug-likeness (QED) is 0.823. The number of aliphatic hydroxyl groups excluding tert-OH is 1. The molecule has 1 aliphatic heterocycles. The second-order valence-corrected chi connectivity index (χ2v) is 5.49. The zero-order chi connectivity index (χ0) is 13.3. The number of hydrogen-bond acceptors (Lipinski definition) is 2. The fourth-order valence-corrected chi connectivity index (χ4v) is 2.38. The summed E-state index contributed by atoms with van der Waals surface area (Å²) in [6, 6.07) is 6.80. The number of likely N-dealkylation sites (tertiary alicyclic amines) is 1. The summed E-state index contributed by atoms with van der Waals surface area (Å²) in [5.74, 6) is 0. The van der Waals surface area contributed by atoms with Crippen molar-refractivity contribution in [1.82, 2.24) is 4.90 Å². The molecule has 0 aromatic heterocycles. The van der Waals surface area contributed by atoms with Crippen molar-refractivity contribution in [2.75, 3.05) is 11.9 Å². The molecule has 1 atom stereocenters. The lowest BCUT2D eigenvalue weighted by molar-refractivity contribution is 0.0733. The van der Waals surface area contributed by atoms with E-state index in [-0.39, 0.29) is 6.03 Å². The predicted octanol–water partition coefficient (Wildman–Crippen LogP) is 2.72. The Balaban J connectivity index is 2.09. The SMILES string of the molecule is CC1(C)C(O)CCN1C(=O)Nc1cccc(Cl)c1. The third kappa shape index (κ3) is 2.44. The van der Waals surface area contributed by atoms with Crippen LogP contribution in [-0.4, -0.2) is 34.2 Å². The normalized spacial score (nSPS) is 22.0. The van der Waals surface area contributed by atoms with Gasteiger partial charge >= 0.3 is 6.03 Å². The highest BCUT2D eigenvalue weighted by Gasteiger charge is 2.42. The minimum atomic E-state index is -0.539. The van der Waals surface area contributed by atoms with Crippen molar-refractivity contribution in [3.8, 4) is 0 Å². The fourth-order valence-electron chi connectivity index (χ4n) is 2.19. The number of aliphatic hydroxyl groups is 1. The van der Waals surface area contributed by atoms with E-state index in [4.69, 9.17) is 11.6 Å². The summed E-state index contributed by atoms with van der Waals surface area (Å²) in [5.41, 5.74) is 0.118. The molecule has 18 heavy (non-hydrogen) atoms. The fraction of sp³-hybridized carbons (Fsp3) is 0.462. The number of anilines is 1. The van der Waals surface area contributed by atoms with E-state index >= 15 is 0 Å². The molecule has 1 aliphatic rings. The Kier molecular flexibility index (Phi) is 3.50. The molecule has 2 amide bonds. The number of urea groups is 1. The Labute approximate surface area is 112 Å². The summed E-state index contributed by atoms with van der Waals surface area (Å²) in [6.07, 6.45) is 0.123. The van der Waals surface area contributed by atoms with Crippen molar-refractivity contribution in [3.63, 3.8) is 0 Å². The largest absolute Gasteiger partial charge is 0.391 e. The molecule has 1 unspecified atom stereocenters. The van der Waals surface area contributed by atoms with E-state index in [1.54, 1.807) is 29.2 Å². The molecule has 1 aromatic rings. The standard InChI is InChI=1S/C13H17ClN2O2/c1-13(2)11(17)6-7-16(13)12(18)15-10-5-3-4-9(14)8-10/h3-5,8,11,17H,6-7H2,1-2H3,(H,15,18). The van der Waals surface area contributed by atoms with Crippen molar-refractivity contribution in [3.05, 3.63) is 29.3 Å². The van der Waals surface area contributed by atoms with E-state index in [0.717, 1.165) is 0 Å². The highest BCUT2D eigenvalue weighted by molar-refractivity contribution is 6.30. The van der Waals surface area contributed by atoms with Gasteiger partial charge in [-0.2, -0.15) is 0 Å². The molecule has 5 heteroatoms. The lowest BCUT2D eigenvalue weighted by Crippen LogP contribution is -2.49. The molecular formula is C13H17ClN2O2. The van der Waals surface area contributed by atoms with E-state index in [2.05, 4.69) is 5.32 Å². The summed E-state index contributed by atoms with van der Waals surface area (Å²) in [7, 11) is 0. The number of benzene rings is 1. The minimum Gasteiger partial charge on any atom is -0.391 e. The lowest BCUT2D eigenvalue weighted by Gasteiger charge is -2.33. The van der Waals surface area contributed by atoms with Crippen LogP contribution < -0.4 is 5.32 Å². The number of hydrogen-bond donors (Lipinski definition) is 2. The first-order chi connectivity index (χ1) is 8.41. The Morgan fingerprint density at radius 2 is 2.28 bits per heavy atom. The van der Waals surface area contributed by atoms with Crippen LogP contribution in [0.25, 0.3) is 0 Å². The first-order valence-electron chi connectivity index (χ1n) is 5.93. The van der Waals surface area contributed by atoms with E-state index in [1.807, 2.05) is 13.8 Å². The summed E-state index contributed by atoms with van der Waals surface area (Å²) >= 11 is 5.86. The van der Waals surface area contributed by atoms with E-state index in [9.17, 15) is 9.90 Å². The third-order valence-corrected chi connectivity index (χ3v) is 3.69. The van der Waals surface area contributed by atoms with Gasteiger partial charge in [0.2, 0.25) is 0 Å². The van der Waals surface area contributed by atoms with Crippen LogP contribution in [0.2, 0.25) is 5.02 Å². The number of halogens is 1. The molecule has 98 valence electrons. The van der Waals surface area contributed by atoms with Crippen molar-refractivity contribution in [1.29, 1.82) is 0 Å². The molecule has 0 bridgehead atoms. The smallest absolute Gasteiger partial charge is 0.322 e. The van der Waals surface area contributed by atoms with E-state index < -0.39 is 11.6 Å². The number of nitrogens with one attached hydrogen (secondary N) is 1. The van der Waals surface area contributed by atoms with Gasteiger partial charge in [0.05, 0.1) is 11.6 Å². The van der Waals surface area contributed by atoms with Crippen LogP contribution in [0.3, 0.4) is 0 Å². The molecule has 4 nitrogen and oxygen atoms in total. The summed E-state index contributed by atoms with van der Waals surface area (Å²) in [5, 5.41) is 13.2. The molecule has 0 aliphatic carbocycles. The predicted molar refractivity (Wildman–Crippen MR) is 71.9 cm³/mol. The molecule has 0 radical (unpaired) electrons. The third-order valence-electron chi connectivity index (χ3n) is 3.46. The molecule has 1 heterocycles. The van der Waals surface area contributed by atoms with Crippen LogP contribution in [0.1, 0.15) is 20.3 Å². The lowest BCUT2D eigenvalue weighted by atomic mass is 9.99. The van der Waals surface area contributed by atoms with Gasteiger partial charge < -0.3 is 15.3 Å². The highest BCUT2D eigenvalue weighted by atomic mass is 35.5. The van der Waals surface area contributed by atoms with Crippen LogP contribution in [-0.2, 0) is 0 Å². The Morgan fingerprint density at radius 3 is 2.83 bits per heavy atom. The molecule has 2 rings (SSSR count). The van der Waals surface area contributed by atoms with Crippen molar-refractivity contribution in [2.45, 2.75) is 31.9 Å². The van der Waals surface area contributed by atoms with Crippen LogP contribution in [0.5, 0.6) is 0 Å². The Hall–Kier alpha value is -1.26. The van der Waals surface area contributed by atoms with Gasteiger partial charge in [-0.3, -0.25) is 0 Å². The first-order valence-corrected chi connectivity index (χ1v) is 6.31. The average molecular weight is 269 g/mol. The van der Waals surface area contributed by atoms with Crippen LogP contribution in [0, 0.1) is 0 Å². The monoisotopic (exact) mass is 268 g/mol. The first kappa shape index (κ1) is 13.2. The number of amides is 2. The van der Waals surface area contributed by atoms with Gasteiger partial charge in [0, 0.05) is 17.3 Å². The molecule has 0 spiro atoms. The van der Waals surface area contributed by atoms with Crippen molar-refractivity contribution < 1.29 is 9.90 Å². The Bertz CT molecular complexity index is 462. The molecule has 1 saturated heterocycles. The van der Waals surface area contributed by atoms with Crippen LogP contribution >= 0.6 is 11.6 Å². The minimum absolute atomic E-state index is 0.209. The number of nitrogens with zero attached hydrogens (tertiary/aromatic N) is 1. The van der Waals surface area contributed by atoms with Gasteiger partial charge in [0.25, 0.3) is 0 Å². The number of carbonyl (C=O) groups excluding carboxylic acids is 1. The molecule has 0 saturated carbocycles. The van der Waals surface area contributed by atoms with Gasteiger partial charge in [-0.05, 0) is 38.5 Å². The molecular weight excluding hydrogens is 252 g/mol. The topological polar surface area (TPSA) is 52.6 Å². The van der Waals surface area contributed by atoms with Gasteiger partial charge in [0.1, 0.15) is 0 Å². The summed E-state index contributed by atoms with van der Waals surface area (Å²) in [6.45, 7) is 4.28. The van der Waals surface area contributed by atoms with Crippen molar-refractivity contribution >= 4 is 23.3 Å².